The Hall–Kier alpha value is -3.03. The molecule has 0 aliphatic carbocycles. The second kappa shape index (κ2) is 8.89. The molecular formula is C18H22N2O6. The van der Waals surface area contributed by atoms with Crippen molar-refractivity contribution in [2.24, 2.45) is 0 Å². The summed E-state index contributed by atoms with van der Waals surface area (Å²) in [5.74, 6) is -0.146. The summed E-state index contributed by atoms with van der Waals surface area (Å²) in [6, 6.07) is 4.51. The Kier molecular flexibility index (Phi) is 6.60. The second-order valence-electron chi connectivity index (χ2n) is 5.93. The SMILES string of the molecule is CC(C)NC(=O)NC(=O)[C@@H](C)OC(=O)/C=C/c1ccc2c(c1)OCCO2. The van der Waals surface area contributed by atoms with E-state index in [2.05, 4.69) is 10.6 Å². The van der Waals surface area contributed by atoms with Crippen LogP contribution in [0.25, 0.3) is 6.08 Å². The fourth-order valence-electron chi connectivity index (χ4n) is 2.11. The first-order chi connectivity index (χ1) is 12.3. The number of amides is 3. The molecule has 1 aromatic rings. The Morgan fingerprint density at radius 2 is 1.81 bits per heavy atom. The number of hydrogen-bond acceptors (Lipinski definition) is 6. The van der Waals surface area contributed by atoms with Gasteiger partial charge in [0.1, 0.15) is 13.2 Å². The number of rotatable bonds is 5. The monoisotopic (exact) mass is 362 g/mol. The number of benzene rings is 1. The van der Waals surface area contributed by atoms with Crippen LogP contribution in [0.1, 0.15) is 26.3 Å². The fourth-order valence-corrected chi connectivity index (χ4v) is 2.11. The Labute approximate surface area is 151 Å². The molecule has 0 spiro atoms. The third kappa shape index (κ3) is 5.80. The van der Waals surface area contributed by atoms with Gasteiger partial charge >= 0.3 is 12.0 Å². The highest BCUT2D eigenvalue weighted by atomic mass is 16.6. The maximum absolute atomic E-state index is 11.8. The lowest BCUT2D eigenvalue weighted by atomic mass is 10.2. The summed E-state index contributed by atoms with van der Waals surface area (Å²) >= 11 is 0. The average molecular weight is 362 g/mol. The molecular weight excluding hydrogens is 340 g/mol. The molecule has 1 aliphatic rings. The Bertz CT molecular complexity index is 714. The van der Waals surface area contributed by atoms with E-state index in [4.69, 9.17) is 14.2 Å². The highest BCUT2D eigenvalue weighted by Crippen LogP contribution is 2.31. The van der Waals surface area contributed by atoms with E-state index in [1.54, 1.807) is 32.0 Å². The average Bonchev–Trinajstić information content (AvgIpc) is 2.58. The molecule has 0 aromatic heterocycles. The predicted molar refractivity (Wildman–Crippen MR) is 93.8 cm³/mol. The predicted octanol–water partition coefficient (Wildman–Crippen LogP) is 1.64. The van der Waals surface area contributed by atoms with Gasteiger partial charge in [0.15, 0.2) is 17.6 Å². The Morgan fingerprint density at radius 3 is 2.50 bits per heavy atom. The summed E-state index contributed by atoms with van der Waals surface area (Å²) in [5.41, 5.74) is 0.722. The minimum atomic E-state index is -1.11. The first kappa shape index (κ1) is 19.3. The van der Waals surface area contributed by atoms with Gasteiger partial charge in [-0.15, -0.1) is 0 Å². The van der Waals surface area contributed by atoms with Gasteiger partial charge in [-0.05, 0) is 44.5 Å². The smallest absolute Gasteiger partial charge is 0.331 e. The lowest BCUT2D eigenvalue weighted by molar-refractivity contribution is -0.149. The molecule has 1 aliphatic heterocycles. The maximum Gasteiger partial charge on any atom is 0.331 e. The highest BCUT2D eigenvalue weighted by molar-refractivity contribution is 5.98. The van der Waals surface area contributed by atoms with Crippen molar-refractivity contribution in [3.8, 4) is 11.5 Å². The van der Waals surface area contributed by atoms with E-state index < -0.39 is 24.0 Å². The first-order valence-corrected chi connectivity index (χ1v) is 8.25. The molecule has 3 amide bonds. The molecule has 0 fully saturated rings. The summed E-state index contributed by atoms with van der Waals surface area (Å²) in [7, 11) is 0. The Balaban J connectivity index is 1.86. The van der Waals surface area contributed by atoms with Crippen molar-refractivity contribution < 1.29 is 28.6 Å². The van der Waals surface area contributed by atoms with Gasteiger partial charge in [-0.1, -0.05) is 6.07 Å². The van der Waals surface area contributed by atoms with Crippen LogP contribution < -0.4 is 20.1 Å². The molecule has 8 nitrogen and oxygen atoms in total. The third-order valence-corrected chi connectivity index (χ3v) is 3.30. The minimum absolute atomic E-state index is 0.116. The molecule has 2 N–H and O–H groups in total. The van der Waals surface area contributed by atoms with Gasteiger partial charge in [0, 0.05) is 12.1 Å². The quantitative estimate of drug-likeness (QED) is 0.610. The van der Waals surface area contributed by atoms with E-state index in [1.807, 2.05) is 0 Å². The van der Waals surface area contributed by atoms with Crippen LogP contribution in [0, 0.1) is 0 Å². The lowest BCUT2D eigenvalue weighted by Crippen LogP contribution is -2.46. The van der Waals surface area contributed by atoms with Crippen LogP contribution in [0.3, 0.4) is 0 Å². The summed E-state index contributed by atoms with van der Waals surface area (Å²) in [6.07, 6.45) is 1.63. The van der Waals surface area contributed by atoms with Crippen LogP contribution in [-0.4, -0.2) is 43.3 Å². The normalized spacial score (nSPS) is 14.0. The van der Waals surface area contributed by atoms with Gasteiger partial charge in [0.25, 0.3) is 5.91 Å². The van der Waals surface area contributed by atoms with Crippen molar-refractivity contribution >= 4 is 24.0 Å². The van der Waals surface area contributed by atoms with E-state index >= 15 is 0 Å². The standard InChI is InChI=1S/C18H22N2O6/c1-11(2)19-18(23)20-17(22)12(3)26-16(21)7-5-13-4-6-14-15(10-13)25-9-8-24-14/h4-7,10-12H,8-9H2,1-3H3,(H2,19,20,22,23)/b7-5+/t12-/m1/s1. The topological polar surface area (TPSA) is 103 Å². The highest BCUT2D eigenvalue weighted by Gasteiger charge is 2.19. The van der Waals surface area contributed by atoms with E-state index in [9.17, 15) is 14.4 Å². The molecule has 0 bridgehead atoms. The minimum Gasteiger partial charge on any atom is -0.486 e. The molecule has 1 heterocycles. The number of carbonyl (C=O) groups is 3. The zero-order valence-electron chi connectivity index (χ0n) is 14.9. The number of hydrogen-bond donors (Lipinski definition) is 2. The first-order valence-electron chi connectivity index (χ1n) is 8.25. The van der Waals surface area contributed by atoms with E-state index in [-0.39, 0.29) is 6.04 Å². The van der Waals surface area contributed by atoms with Crippen molar-refractivity contribution in [1.29, 1.82) is 0 Å². The van der Waals surface area contributed by atoms with Gasteiger partial charge in [-0.3, -0.25) is 10.1 Å². The second-order valence-corrected chi connectivity index (χ2v) is 5.93. The van der Waals surface area contributed by atoms with Crippen LogP contribution in [0.2, 0.25) is 0 Å². The van der Waals surface area contributed by atoms with Crippen molar-refractivity contribution in [3.63, 3.8) is 0 Å². The largest absolute Gasteiger partial charge is 0.486 e. The van der Waals surface area contributed by atoms with Gasteiger partial charge in [0.2, 0.25) is 0 Å². The number of esters is 1. The van der Waals surface area contributed by atoms with E-state index in [0.29, 0.717) is 24.7 Å². The number of nitrogens with one attached hydrogen (secondary N) is 2. The number of ether oxygens (including phenoxy) is 3. The molecule has 0 saturated carbocycles. The zero-order chi connectivity index (χ0) is 19.1. The van der Waals surface area contributed by atoms with Crippen LogP contribution in [0.5, 0.6) is 11.5 Å². The van der Waals surface area contributed by atoms with Crippen molar-refractivity contribution in [2.45, 2.75) is 32.9 Å². The summed E-state index contributed by atoms with van der Waals surface area (Å²) in [4.78, 5) is 35.1. The van der Waals surface area contributed by atoms with Crippen molar-refractivity contribution in [1.82, 2.24) is 10.6 Å². The number of fused-ring (bicyclic) bond motifs is 1. The van der Waals surface area contributed by atoms with E-state index in [0.717, 1.165) is 5.56 Å². The molecule has 140 valence electrons. The number of urea groups is 1. The molecule has 0 radical (unpaired) electrons. The van der Waals surface area contributed by atoms with Crippen molar-refractivity contribution in [2.75, 3.05) is 13.2 Å². The van der Waals surface area contributed by atoms with Crippen LogP contribution in [-0.2, 0) is 14.3 Å². The fraction of sp³-hybridized carbons (Fsp3) is 0.389. The molecule has 8 heteroatoms. The molecule has 0 unspecified atom stereocenters. The molecule has 1 aromatic carbocycles. The Morgan fingerprint density at radius 1 is 1.12 bits per heavy atom. The summed E-state index contributed by atoms with van der Waals surface area (Å²) in [5, 5.41) is 4.61. The summed E-state index contributed by atoms with van der Waals surface area (Å²) in [6.45, 7) is 5.88. The molecule has 26 heavy (non-hydrogen) atoms. The summed E-state index contributed by atoms with van der Waals surface area (Å²) < 4.78 is 15.9. The van der Waals surface area contributed by atoms with Gasteiger partial charge < -0.3 is 19.5 Å². The number of imide groups is 1. The lowest BCUT2D eigenvalue weighted by Gasteiger charge is -2.18. The molecule has 0 saturated heterocycles. The maximum atomic E-state index is 11.8. The molecule has 2 rings (SSSR count). The van der Waals surface area contributed by atoms with Crippen LogP contribution >= 0.6 is 0 Å². The van der Waals surface area contributed by atoms with E-state index in [1.165, 1.54) is 19.1 Å². The molecule has 1 atom stereocenters. The van der Waals surface area contributed by atoms with Crippen LogP contribution in [0.4, 0.5) is 4.79 Å². The van der Waals surface area contributed by atoms with Crippen LogP contribution in [0.15, 0.2) is 24.3 Å². The third-order valence-electron chi connectivity index (χ3n) is 3.30. The van der Waals surface area contributed by atoms with Gasteiger partial charge in [-0.25, -0.2) is 9.59 Å². The zero-order valence-corrected chi connectivity index (χ0v) is 14.9. The van der Waals surface area contributed by atoms with Gasteiger partial charge in [-0.2, -0.15) is 0 Å². The number of carbonyl (C=O) groups excluding carboxylic acids is 3. The van der Waals surface area contributed by atoms with Gasteiger partial charge in [0.05, 0.1) is 0 Å². The van der Waals surface area contributed by atoms with Crippen molar-refractivity contribution in [3.05, 3.63) is 29.8 Å².